The highest BCUT2D eigenvalue weighted by Gasteiger charge is 2.32. The summed E-state index contributed by atoms with van der Waals surface area (Å²) in [4.78, 5) is 38.6. The first-order chi connectivity index (χ1) is 9.93. The molecule has 0 N–H and O–H groups in total. The Morgan fingerprint density at radius 1 is 1.10 bits per heavy atom. The summed E-state index contributed by atoms with van der Waals surface area (Å²) in [6, 6.07) is 4.53. The van der Waals surface area contributed by atoms with Gasteiger partial charge < -0.3 is 9.80 Å². The number of piperazine rings is 1. The van der Waals surface area contributed by atoms with Gasteiger partial charge >= 0.3 is 11.8 Å². The van der Waals surface area contributed by atoms with Gasteiger partial charge in [0.1, 0.15) is 0 Å². The Morgan fingerprint density at radius 2 is 1.71 bits per heavy atom. The number of Topliss-reactive ketones (excluding diaryl/α,β-unsaturated/α-hetero) is 1. The fourth-order valence-electron chi connectivity index (χ4n) is 2.10. The molecule has 0 bridgehead atoms. The second-order valence-corrected chi connectivity index (χ2v) is 5.48. The van der Waals surface area contributed by atoms with Gasteiger partial charge in [0.15, 0.2) is 5.78 Å². The van der Waals surface area contributed by atoms with Gasteiger partial charge in [0.2, 0.25) is 0 Å². The Bertz CT molecular complexity index is 604. The molecule has 1 fully saturated rings. The maximum Gasteiger partial charge on any atom is 0.312 e. The third-order valence-corrected chi connectivity index (χ3v) is 4.09. The van der Waals surface area contributed by atoms with Crippen molar-refractivity contribution in [2.45, 2.75) is 6.92 Å². The molecule has 0 spiro atoms. The van der Waals surface area contributed by atoms with Crippen LogP contribution in [0, 0.1) is 0 Å². The van der Waals surface area contributed by atoms with Crippen molar-refractivity contribution in [3.8, 4) is 0 Å². The van der Waals surface area contributed by atoms with Gasteiger partial charge in [-0.15, -0.1) is 0 Å². The first-order valence-corrected chi connectivity index (χ1v) is 7.26. The van der Waals surface area contributed by atoms with Gasteiger partial charge in [0, 0.05) is 25.2 Å². The molecule has 0 aliphatic carbocycles. The summed E-state index contributed by atoms with van der Waals surface area (Å²) in [5.74, 6) is -1.48. The predicted molar refractivity (Wildman–Crippen MR) is 79.6 cm³/mol. The molecule has 2 amide bonds. The molecule has 1 aliphatic rings. The van der Waals surface area contributed by atoms with Crippen molar-refractivity contribution in [1.29, 1.82) is 0 Å². The quantitative estimate of drug-likeness (QED) is 0.626. The fraction of sp³-hybridized carbons (Fsp3) is 0.357. The van der Waals surface area contributed by atoms with Gasteiger partial charge in [-0.1, -0.05) is 23.2 Å². The van der Waals surface area contributed by atoms with E-state index in [0.29, 0.717) is 30.2 Å². The lowest BCUT2D eigenvalue weighted by Crippen LogP contribution is -2.55. The number of hydrogen-bond acceptors (Lipinski definition) is 3. The number of hydrogen-bond donors (Lipinski definition) is 0. The maximum atomic E-state index is 12.2. The molecule has 7 heteroatoms. The number of likely N-dealkylation sites (N-methyl/N-ethyl adjacent to an activating group) is 1. The van der Waals surface area contributed by atoms with E-state index in [4.69, 9.17) is 23.2 Å². The summed E-state index contributed by atoms with van der Waals surface area (Å²) in [7, 11) is 0. The van der Waals surface area contributed by atoms with Gasteiger partial charge in [0.25, 0.3) is 0 Å². The normalized spacial score (nSPS) is 15.6. The van der Waals surface area contributed by atoms with E-state index in [-0.39, 0.29) is 17.4 Å². The van der Waals surface area contributed by atoms with Crippen LogP contribution in [0.2, 0.25) is 10.0 Å². The molecule has 1 aromatic carbocycles. The van der Waals surface area contributed by atoms with Crippen molar-refractivity contribution in [3.63, 3.8) is 0 Å². The van der Waals surface area contributed by atoms with Crippen molar-refractivity contribution >= 4 is 40.8 Å². The van der Waals surface area contributed by atoms with E-state index in [1.54, 1.807) is 6.07 Å². The molecule has 1 saturated heterocycles. The van der Waals surface area contributed by atoms with Crippen LogP contribution in [0.15, 0.2) is 18.2 Å². The van der Waals surface area contributed by atoms with Crippen molar-refractivity contribution in [2.24, 2.45) is 0 Å². The fourth-order valence-corrected chi connectivity index (χ4v) is 2.40. The molecule has 5 nitrogen and oxygen atoms in total. The Kier molecular flexibility index (Phi) is 4.85. The zero-order chi connectivity index (χ0) is 15.6. The van der Waals surface area contributed by atoms with E-state index in [1.807, 2.05) is 6.92 Å². The molecule has 1 aliphatic heterocycles. The number of benzene rings is 1. The van der Waals surface area contributed by atoms with E-state index < -0.39 is 11.8 Å². The summed E-state index contributed by atoms with van der Waals surface area (Å²) in [5, 5.41) is 0.636. The molecule has 1 aromatic rings. The Labute approximate surface area is 132 Å². The minimum atomic E-state index is -0.642. The topological polar surface area (TPSA) is 57.7 Å². The van der Waals surface area contributed by atoms with E-state index in [1.165, 1.54) is 21.9 Å². The summed E-state index contributed by atoms with van der Waals surface area (Å²) in [5.41, 5.74) is 0.363. The molecule has 21 heavy (non-hydrogen) atoms. The molecule has 112 valence electrons. The molecule has 2 rings (SSSR count). The van der Waals surface area contributed by atoms with Gasteiger partial charge in [-0.3, -0.25) is 14.4 Å². The molecule has 0 saturated carbocycles. The number of ketones is 1. The largest absolute Gasteiger partial charge is 0.333 e. The molecule has 0 unspecified atom stereocenters. The Balaban J connectivity index is 2.07. The van der Waals surface area contributed by atoms with Crippen LogP contribution in [-0.2, 0) is 9.59 Å². The van der Waals surface area contributed by atoms with Crippen LogP contribution in [0.4, 0.5) is 0 Å². The summed E-state index contributed by atoms with van der Waals surface area (Å²) < 4.78 is 0. The number of carbonyl (C=O) groups excluding carboxylic acids is 3. The number of rotatable bonds is 4. The number of nitrogens with zero attached hydrogens (tertiary/aromatic N) is 2. The van der Waals surface area contributed by atoms with Crippen LogP contribution in [0.3, 0.4) is 0 Å². The molecular formula is C14H14Cl2N2O3. The lowest BCUT2D eigenvalue weighted by Gasteiger charge is -2.32. The Morgan fingerprint density at radius 3 is 2.33 bits per heavy atom. The SMILES string of the molecule is CCN1CCN(CC(=O)c2ccc(Cl)c(Cl)c2)C(=O)C1=O. The average Bonchev–Trinajstić information content (AvgIpc) is 2.47. The van der Waals surface area contributed by atoms with E-state index in [0.717, 1.165) is 0 Å². The molecule has 1 heterocycles. The summed E-state index contributed by atoms with van der Waals surface area (Å²) in [6.07, 6.45) is 0. The lowest BCUT2D eigenvalue weighted by atomic mass is 10.1. The molecule has 0 aromatic heterocycles. The van der Waals surface area contributed by atoms with Crippen LogP contribution in [0.25, 0.3) is 0 Å². The second kappa shape index (κ2) is 6.45. The third-order valence-electron chi connectivity index (χ3n) is 3.35. The van der Waals surface area contributed by atoms with Gasteiger partial charge in [-0.05, 0) is 25.1 Å². The number of halogens is 2. The van der Waals surface area contributed by atoms with E-state index in [2.05, 4.69) is 0 Å². The van der Waals surface area contributed by atoms with Crippen LogP contribution < -0.4 is 0 Å². The van der Waals surface area contributed by atoms with E-state index in [9.17, 15) is 14.4 Å². The van der Waals surface area contributed by atoms with Crippen LogP contribution >= 0.6 is 23.2 Å². The standard InChI is InChI=1S/C14H14Cl2N2O3/c1-2-17-5-6-18(14(21)13(17)20)8-12(19)9-3-4-10(15)11(16)7-9/h3-4,7H,2,5-6,8H2,1H3. The minimum Gasteiger partial charge on any atom is -0.333 e. The monoisotopic (exact) mass is 328 g/mol. The van der Waals surface area contributed by atoms with Crippen molar-refractivity contribution in [3.05, 3.63) is 33.8 Å². The molecule has 0 atom stereocenters. The Hall–Kier alpha value is -1.59. The van der Waals surface area contributed by atoms with Crippen molar-refractivity contribution in [1.82, 2.24) is 9.80 Å². The first kappa shape index (κ1) is 15.8. The first-order valence-electron chi connectivity index (χ1n) is 6.50. The molecular weight excluding hydrogens is 315 g/mol. The van der Waals surface area contributed by atoms with Crippen molar-refractivity contribution < 1.29 is 14.4 Å². The zero-order valence-corrected chi connectivity index (χ0v) is 12.9. The van der Waals surface area contributed by atoms with Gasteiger partial charge in [0.05, 0.1) is 16.6 Å². The smallest absolute Gasteiger partial charge is 0.312 e. The van der Waals surface area contributed by atoms with Crippen LogP contribution in [0.5, 0.6) is 0 Å². The molecule has 0 radical (unpaired) electrons. The van der Waals surface area contributed by atoms with Crippen molar-refractivity contribution in [2.75, 3.05) is 26.2 Å². The van der Waals surface area contributed by atoms with Crippen LogP contribution in [0.1, 0.15) is 17.3 Å². The van der Waals surface area contributed by atoms with E-state index >= 15 is 0 Å². The summed E-state index contributed by atoms with van der Waals surface area (Å²) in [6.45, 7) is 2.95. The van der Waals surface area contributed by atoms with Gasteiger partial charge in [-0.2, -0.15) is 0 Å². The highest BCUT2D eigenvalue weighted by atomic mass is 35.5. The average molecular weight is 329 g/mol. The highest BCUT2D eigenvalue weighted by Crippen LogP contribution is 2.23. The zero-order valence-electron chi connectivity index (χ0n) is 11.4. The highest BCUT2D eigenvalue weighted by molar-refractivity contribution is 6.42. The number of amides is 2. The minimum absolute atomic E-state index is 0.139. The number of carbonyl (C=O) groups is 3. The predicted octanol–water partition coefficient (Wildman–Crippen LogP) is 1.87. The van der Waals surface area contributed by atoms with Gasteiger partial charge in [-0.25, -0.2) is 0 Å². The second-order valence-electron chi connectivity index (χ2n) is 4.66. The summed E-state index contributed by atoms with van der Waals surface area (Å²) >= 11 is 11.7. The maximum absolute atomic E-state index is 12.2. The lowest BCUT2D eigenvalue weighted by molar-refractivity contribution is -0.155. The van der Waals surface area contributed by atoms with Crippen LogP contribution in [-0.4, -0.2) is 53.6 Å². The third kappa shape index (κ3) is 3.36.